The Bertz CT molecular complexity index is 548. The molecule has 0 aliphatic carbocycles. The first kappa shape index (κ1) is 16.2. The molecule has 23 heavy (non-hydrogen) atoms. The van der Waals surface area contributed by atoms with Gasteiger partial charge >= 0.3 is 0 Å². The van der Waals surface area contributed by atoms with Gasteiger partial charge in [-0.3, -0.25) is 9.69 Å². The largest absolute Gasteiger partial charge is 0.497 e. The summed E-state index contributed by atoms with van der Waals surface area (Å²) in [7, 11) is 1.62. The van der Waals surface area contributed by atoms with E-state index in [0.717, 1.165) is 11.3 Å². The normalized spacial score (nSPS) is 25.6. The van der Waals surface area contributed by atoms with E-state index >= 15 is 0 Å². The van der Waals surface area contributed by atoms with Gasteiger partial charge in [0.25, 0.3) is 0 Å². The molecule has 3 rings (SSSR count). The van der Waals surface area contributed by atoms with E-state index in [4.69, 9.17) is 9.47 Å². The van der Waals surface area contributed by atoms with Gasteiger partial charge in [-0.1, -0.05) is 12.1 Å². The molecule has 126 valence electrons. The zero-order valence-corrected chi connectivity index (χ0v) is 13.4. The van der Waals surface area contributed by atoms with Crippen LogP contribution in [0.25, 0.3) is 0 Å². The summed E-state index contributed by atoms with van der Waals surface area (Å²) in [5.74, 6) is 0.797. The average molecular weight is 322 g/mol. The van der Waals surface area contributed by atoms with Crippen LogP contribution in [0.3, 0.4) is 0 Å². The molecule has 0 spiro atoms. The summed E-state index contributed by atoms with van der Waals surface area (Å²) in [6.07, 6.45) is -0.671. The number of benzene rings is 1. The molecular formula is C17H23FN2O3. The van der Waals surface area contributed by atoms with Gasteiger partial charge in [0.05, 0.1) is 26.4 Å². The summed E-state index contributed by atoms with van der Waals surface area (Å²) >= 11 is 0. The number of morpholine rings is 1. The molecule has 2 saturated heterocycles. The number of nitrogens with zero attached hydrogens (tertiary/aromatic N) is 2. The average Bonchev–Trinajstić information content (AvgIpc) is 2.95. The Morgan fingerprint density at radius 1 is 1.39 bits per heavy atom. The molecule has 1 aromatic rings. The zero-order valence-electron chi connectivity index (χ0n) is 13.4. The Balaban J connectivity index is 1.70. The standard InChI is InChI=1S/C17H23FN2O3/c1-22-15-4-2-3-13(9-15)11-20-12-14(18)10-16(20)17(21)19-5-7-23-8-6-19/h2-4,9,14,16H,5-8,10-12H2,1H3/t14-,16+/m1/s1. The maximum absolute atomic E-state index is 13.9. The van der Waals surface area contributed by atoms with Crippen LogP contribution >= 0.6 is 0 Å². The molecule has 1 aromatic carbocycles. The van der Waals surface area contributed by atoms with Crippen molar-refractivity contribution in [2.45, 2.75) is 25.2 Å². The number of carbonyl (C=O) groups is 1. The van der Waals surface area contributed by atoms with Crippen molar-refractivity contribution in [3.8, 4) is 5.75 Å². The third kappa shape index (κ3) is 3.82. The Morgan fingerprint density at radius 3 is 2.91 bits per heavy atom. The Labute approximate surface area is 136 Å². The highest BCUT2D eigenvalue weighted by molar-refractivity contribution is 5.82. The van der Waals surface area contributed by atoms with Gasteiger partial charge in [0, 0.05) is 32.6 Å². The van der Waals surface area contributed by atoms with Crippen LogP contribution in [0.2, 0.25) is 0 Å². The predicted molar refractivity (Wildman–Crippen MR) is 84.1 cm³/mol. The summed E-state index contributed by atoms with van der Waals surface area (Å²) in [5, 5.41) is 0. The van der Waals surface area contributed by atoms with Crippen molar-refractivity contribution in [3.63, 3.8) is 0 Å². The van der Waals surface area contributed by atoms with Gasteiger partial charge in [0.15, 0.2) is 0 Å². The number of rotatable bonds is 4. The summed E-state index contributed by atoms with van der Waals surface area (Å²) in [6, 6.07) is 7.32. The lowest BCUT2D eigenvalue weighted by Gasteiger charge is -2.32. The van der Waals surface area contributed by atoms with Crippen LogP contribution in [-0.4, -0.2) is 67.9 Å². The van der Waals surface area contributed by atoms with E-state index in [0.29, 0.717) is 39.4 Å². The van der Waals surface area contributed by atoms with Gasteiger partial charge in [-0.15, -0.1) is 0 Å². The number of alkyl halides is 1. The first-order valence-corrected chi connectivity index (χ1v) is 8.05. The molecule has 0 N–H and O–H groups in total. The van der Waals surface area contributed by atoms with Crippen LogP contribution in [-0.2, 0) is 16.1 Å². The van der Waals surface area contributed by atoms with Gasteiger partial charge in [-0.2, -0.15) is 0 Å². The molecule has 2 atom stereocenters. The van der Waals surface area contributed by atoms with Crippen LogP contribution in [0.5, 0.6) is 5.75 Å². The molecule has 2 fully saturated rings. The molecule has 5 nitrogen and oxygen atoms in total. The Morgan fingerprint density at radius 2 is 2.17 bits per heavy atom. The van der Waals surface area contributed by atoms with Gasteiger partial charge in [0.2, 0.25) is 5.91 Å². The summed E-state index contributed by atoms with van der Waals surface area (Å²) < 4.78 is 24.5. The molecule has 6 heteroatoms. The minimum atomic E-state index is -0.949. The molecule has 2 heterocycles. The fourth-order valence-electron chi connectivity index (χ4n) is 3.28. The van der Waals surface area contributed by atoms with Crippen molar-refractivity contribution in [1.29, 1.82) is 0 Å². The molecule has 0 aromatic heterocycles. The fraction of sp³-hybridized carbons (Fsp3) is 0.588. The van der Waals surface area contributed by atoms with E-state index in [9.17, 15) is 9.18 Å². The van der Waals surface area contributed by atoms with Crippen molar-refractivity contribution >= 4 is 5.91 Å². The number of methoxy groups -OCH3 is 1. The van der Waals surface area contributed by atoms with E-state index in [1.54, 1.807) is 12.0 Å². The third-order valence-electron chi connectivity index (χ3n) is 4.48. The fourth-order valence-corrected chi connectivity index (χ4v) is 3.28. The summed E-state index contributed by atoms with van der Waals surface area (Å²) in [6.45, 7) is 3.18. The van der Waals surface area contributed by atoms with Crippen molar-refractivity contribution in [3.05, 3.63) is 29.8 Å². The topological polar surface area (TPSA) is 42.0 Å². The van der Waals surface area contributed by atoms with E-state index in [1.807, 2.05) is 29.2 Å². The maximum atomic E-state index is 13.9. The van der Waals surface area contributed by atoms with E-state index in [-0.39, 0.29) is 18.4 Å². The van der Waals surface area contributed by atoms with Crippen molar-refractivity contribution in [1.82, 2.24) is 9.80 Å². The highest BCUT2D eigenvalue weighted by Gasteiger charge is 2.39. The Hall–Kier alpha value is -1.66. The molecule has 0 unspecified atom stereocenters. The van der Waals surface area contributed by atoms with E-state index in [2.05, 4.69) is 0 Å². The highest BCUT2D eigenvalue weighted by Crippen LogP contribution is 2.25. The molecule has 2 aliphatic rings. The number of amides is 1. The SMILES string of the molecule is COc1cccc(CN2C[C@H](F)C[C@H]2C(=O)N2CCOCC2)c1. The number of halogens is 1. The predicted octanol–water partition coefficient (Wildman–Crippen LogP) is 1.47. The first-order chi connectivity index (χ1) is 11.2. The number of likely N-dealkylation sites (tertiary alicyclic amines) is 1. The molecule has 0 bridgehead atoms. The van der Waals surface area contributed by atoms with Crippen LogP contribution in [0.4, 0.5) is 4.39 Å². The number of hydrogen-bond donors (Lipinski definition) is 0. The zero-order chi connectivity index (χ0) is 16.2. The minimum Gasteiger partial charge on any atom is -0.497 e. The van der Waals surface area contributed by atoms with Gasteiger partial charge < -0.3 is 14.4 Å². The van der Waals surface area contributed by atoms with Crippen molar-refractivity contribution < 1.29 is 18.7 Å². The lowest BCUT2D eigenvalue weighted by Crippen LogP contribution is -2.49. The molecule has 0 radical (unpaired) electrons. The van der Waals surface area contributed by atoms with Crippen LogP contribution < -0.4 is 4.74 Å². The second-order valence-electron chi connectivity index (χ2n) is 6.07. The van der Waals surface area contributed by atoms with Crippen LogP contribution in [0.15, 0.2) is 24.3 Å². The Kier molecular flexibility index (Phi) is 5.13. The quantitative estimate of drug-likeness (QED) is 0.842. The minimum absolute atomic E-state index is 0.0244. The smallest absolute Gasteiger partial charge is 0.240 e. The lowest BCUT2D eigenvalue weighted by atomic mass is 10.1. The third-order valence-corrected chi connectivity index (χ3v) is 4.48. The molecule has 1 amide bonds. The number of carbonyl (C=O) groups excluding carboxylic acids is 1. The van der Waals surface area contributed by atoms with E-state index < -0.39 is 6.17 Å². The van der Waals surface area contributed by atoms with Gasteiger partial charge in [-0.05, 0) is 17.7 Å². The summed E-state index contributed by atoms with van der Waals surface area (Å²) in [5.41, 5.74) is 1.03. The monoisotopic (exact) mass is 322 g/mol. The second kappa shape index (κ2) is 7.27. The van der Waals surface area contributed by atoms with Gasteiger partial charge in [-0.25, -0.2) is 4.39 Å². The lowest BCUT2D eigenvalue weighted by molar-refractivity contribution is -0.140. The van der Waals surface area contributed by atoms with E-state index in [1.165, 1.54) is 0 Å². The van der Waals surface area contributed by atoms with Crippen LogP contribution in [0, 0.1) is 0 Å². The van der Waals surface area contributed by atoms with Crippen molar-refractivity contribution in [2.75, 3.05) is 40.0 Å². The number of ether oxygens (including phenoxy) is 2. The second-order valence-corrected chi connectivity index (χ2v) is 6.07. The van der Waals surface area contributed by atoms with Crippen LogP contribution in [0.1, 0.15) is 12.0 Å². The highest BCUT2D eigenvalue weighted by atomic mass is 19.1. The molecule has 2 aliphatic heterocycles. The van der Waals surface area contributed by atoms with Crippen molar-refractivity contribution in [2.24, 2.45) is 0 Å². The molecule has 0 saturated carbocycles. The molecular weight excluding hydrogens is 299 g/mol. The number of hydrogen-bond acceptors (Lipinski definition) is 4. The first-order valence-electron chi connectivity index (χ1n) is 8.05. The van der Waals surface area contributed by atoms with Gasteiger partial charge in [0.1, 0.15) is 11.9 Å². The maximum Gasteiger partial charge on any atom is 0.240 e. The summed E-state index contributed by atoms with van der Waals surface area (Å²) in [4.78, 5) is 16.4.